The highest BCUT2D eigenvalue weighted by Crippen LogP contribution is 2.37. The highest BCUT2D eigenvalue weighted by atomic mass is 127. The van der Waals surface area contributed by atoms with Crippen LogP contribution >= 0.6 is 24.0 Å². The topological polar surface area (TPSA) is 32.6 Å². The van der Waals surface area contributed by atoms with Crippen LogP contribution in [-0.4, -0.2) is 35.6 Å². The smallest absolute Gasteiger partial charge is 0.194 e. The van der Waals surface area contributed by atoms with Gasteiger partial charge in [-0.3, -0.25) is 4.99 Å². The maximum atomic E-state index is 4.90. The minimum atomic E-state index is 0. The highest BCUT2D eigenvalue weighted by Gasteiger charge is 2.28. The van der Waals surface area contributed by atoms with E-state index in [-0.39, 0.29) is 24.0 Å². The van der Waals surface area contributed by atoms with E-state index in [1.54, 1.807) is 0 Å². The minimum absolute atomic E-state index is 0. The van der Waals surface area contributed by atoms with Gasteiger partial charge in [0.2, 0.25) is 0 Å². The summed E-state index contributed by atoms with van der Waals surface area (Å²) in [5, 5.41) is 3.42. The zero-order chi connectivity index (χ0) is 15.3. The van der Waals surface area contributed by atoms with Gasteiger partial charge in [0, 0.05) is 39.1 Å². The third-order valence-corrected chi connectivity index (χ3v) is 4.57. The molecule has 2 rings (SSSR count). The van der Waals surface area contributed by atoms with Crippen molar-refractivity contribution in [2.75, 3.05) is 20.1 Å². The molecule has 0 spiro atoms. The van der Waals surface area contributed by atoms with Crippen LogP contribution in [0.2, 0.25) is 0 Å². The van der Waals surface area contributed by atoms with Crippen molar-refractivity contribution in [2.24, 2.45) is 17.5 Å². The van der Waals surface area contributed by atoms with Crippen LogP contribution in [0.15, 0.2) is 23.3 Å². The summed E-state index contributed by atoms with van der Waals surface area (Å²) in [6.45, 7) is 7.24. The molecule has 1 aliphatic rings. The van der Waals surface area contributed by atoms with Gasteiger partial charge in [0.1, 0.15) is 0 Å². The van der Waals surface area contributed by atoms with E-state index < -0.39 is 0 Å². The molecule has 0 aliphatic heterocycles. The number of hydrogen-bond donors (Lipinski definition) is 1. The van der Waals surface area contributed by atoms with Crippen LogP contribution in [0.4, 0.5) is 0 Å². The SMILES string of the molecule is CCNC(=NCC1(C)CCCC1)N(C)Cc1cccn1C.I. The van der Waals surface area contributed by atoms with E-state index in [0.717, 1.165) is 25.6 Å². The molecule has 22 heavy (non-hydrogen) atoms. The normalized spacial score (nSPS) is 17.2. The first kappa shape index (κ1) is 19.3. The van der Waals surface area contributed by atoms with Crippen LogP contribution in [0.5, 0.6) is 0 Å². The highest BCUT2D eigenvalue weighted by molar-refractivity contribution is 14.0. The van der Waals surface area contributed by atoms with Gasteiger partial charge in [-0.25, -0.2) is 0 Å². The van der Waals surface area contributed by atoms with Gasteiger partial charge in [0.05, 0.1) is 6.54 Å². The van der Waals surface area contributed by atoms with Crippen LogP contribution in [0.3, 0.4) is 0 Å². The van der Waals surface area contributed by atoms with E-state index in [1.165, 1.54) is 31.4 Å². The van der Waals surface area contributed by atoms with Crippen molar-refractivity contribution >= 4 is 29.9 Å². The zero-order valence-corrected chi connectivity index (χ0v) is 16.8. The second kappa shape index (κ2) is 8.79. The largest absolute Gasteiger partial charge is 0.357 e. The molecule has 0 radical (unpaired) electrons. The Morgan fingerprint density at radius 1 is 1.41 bits per heavy atom. The Hall–Kier alpha value is -0.720. The number of nitrogens with one attached hydrogen (secondary N) is 1. The standard InChI is InChI=1S/C17H30N4.HI/c1-5-18-16(19-14-17(2)10-6-7-11-17)21(4)13-15-9-8-12-20(15)3;/h8-9,12H,5-7,10-11,13-14H2,1-4H3,(H,18,19);1H. The van der Waals surface area contributed by atoms with Crippen LogP contribution in [0.1, 0.15) is 45.2 Å². The van der Waals surface area contributed by atoms with Crippen LogP contribution in [-0.2, 0) is 13.6 Å². The van der Waals surface area contributed by atoms with Crippen molar-refractivity contribution in [3.05, 3.63) is 24.0 Å². The van der Waals surface area contributed by atoms with Crippen LogP contribution in [0, 0.1) is 5.41 Å². The summed E-state index contributed by atoms with van der Waals surface area (Å²) in [7, 11) is 4.21. The number of aryl methyl sites for hydroxylation is 1. The molecule has 1 aromatic rings. The van der Waals surface area contributed by atoms with E-state index in [4.69, 9.17) is 4.99 Å². The molecule has 0 saturated heterocycles. The Kier molecular flexibility index (Phi) is 7.72. The number of hydrogen-bond acceptors (Lipinski definition) is 1. The lowest BCUT2D eigenvalue weighted by Crippen LogP contribution is -2.39. The van der Waals surface area contributed by atoms with Gasteiger partial charge >= 0.3 is 0 Å². The van der Waals surface area contributed by atoms with Gasteiger partial charge < -0.3 is 14.8 Å². The Bertz CT molecular complexity index is 475. The summed E-state index contributed by atoms with van der Waals surface area (Å²) in [5.41, 5.74) is 1.71. The molecule has 4 nitrogen and oxygen atoms in total. The molecule has 5 heteroatoms. The average Bonchev–Trinajstić information content (AvgIpc) is 3.05. The number of aromatic nitrogens is 1. The fourth-order valence-corrected chi connectivity index (χ4v) is 3.10. The van der Waals surface area contributed by atoms with Gasteiger partial charge in [0.25, 0.3) is 0 Å². The summed E-state index contributed by atoms with van der Waals surface area (Å²) >= 11 is 0. The molecule has 1 aromatic heterocycles. The summed E-state index contributed by atoms with van der Waals surface area (Å²) in [4.78, 5) is 7.12. The first-order chi connectivity index (χ1) is 10.0. The molecule has 0 bridgehead atoms. The lowest BCUT2D eigenvalue weighted by atomic mass is 9.89. The molecule has 0 unspecified atom stereocenters. The molecule has 0 amide bonds. The van der Waals surface area contributed by atoms with Crippen LogP contribution < -0.4 is 5.32 Å². The molecule has 126 valence electrons. The molecular weight excluding hydrogens is 387 g/mol. The van der Waals surface area contributed by atoms with Gasteiger partial charge in [-0.05, 0) is 37.3 Å². The average molecular weight is 418 g/mol. The van der Waals surface area contributed by atoms with E-state index in [9.17, 15) is 0 Å². The van der Waals surface area contributed by atoms with Gasteiger partial charge in [0.15, 0.2) is 5.96 Å². The fraction of sp³-hybridized carbons (Fsp3) is 0.706. The van der Waals surface area contributed by atoms with Gasteiger partial charge in [-0.15, -0.1) is 24.0 Å². The third kappa shape index (κ3) is 5.18. The second-order valence-electron chi connectivity index (χ2n) is 6.65. The van der Waals surface area contributed by atoms with Crippen molar-refractivity contribution in [2.45, 2.75) is 46.1 Å². The van der Waals surface area contributed by atoms with Crippen molar-refractivity contribution in [1.82, 2.24) is 14.8 Å². The minimum Gasteiger partial charge on any atom is -0.357 e. The van der Waals surface area contributed by atoms with Crippen molar-refractivity contribution in [3.8, 4) is 0 Å². The molecule has 1 fully saturated rings. The lowest BCUT2D eigenvalue weighted by molar-refractivity contribution is 0.346. The number of guanidine groups is 1. The van der Waals surface area contributed by atoms with E-state index >= 15 is 0 Å². The van der Waals surface area contributed by atoms with E-state index in [2.05, 4.69) is 61.1 Å². The Morgan fingerprint density at radius 3 is 2.64 bits per heavy atom. The first-order valence-electron chi connectivity index (χ1n) is 8.14. The Labute approximate surface area is 152 Å². The number of aliphatic imine (C=N–C) groups is 1. The quantitative estimate of drug-likeness (QED) is 0.450. The maximum Gasteiger partial charge on any atom is 0.194 e. The Morgan fingerprint density at radius 2 is 2.09 bits per heavy atom. The van der Waals surface area contributed by atoms with Crippen molar-refractivity contribution in [1.29, 1.82) is 0 Å². The maximum absolute atomic E-state index is 4.90. The van der Waals surface area contributed by atoms with Gasteiger partial charge in [-0.1, -0.05) is 19.8 Å². The lowest BCUT2D eigenvalue weighted by Gasteiger charge is -2.25. The predicted molar refractivity (Wildman–Crippen MR) is 105 cm³/mol. The van der Waals surface area contributed by atoms with Crippen molar-refractivity contribution in [3.63, 3.8) is 0 Å². The molecular formula is C17H31IN4. The van der Waals surface area contributed by atoms with Crippen LogP contribution in [0.25, 0.3) is 0 Å². The summed E-state index contributed by atoms with van der Waals surface area (Å²) in [6, 6.07) is 4.26. The van der Waals surface area contributed by atoms with E-state index in [1.807, 2.05) is 0 Å². The fourth-order valence-electron chi connectivity index (χ4n) is 3.10. The number of nitrogens with zero attached hydrogens (tertiary/aromatic N) is 3. The number of rotatable bonds is 5. The summed E-state index contributed by atoms with van der Waals surface area (Å²) in [6.07, 6.45) is 7.45. The summed E-state index contributed by atoms with van der Waals surface area (Å²) < 4.78 is 2.17. The molecule has 1 aliphatic carbocycles. The molecule has 0 atom stereocenters. The van der Waals surface area contributed by atoms with Gasteiger partial charge in [-0.2, -0.15) is 0 Å². The van der Waals surface area contributed by atoms with E-state index in [0.29, 0.717) is 5.41 Å². The predicted octanol–water partition coefficient (Wildman–Crippen LogP) is 3.62. The first-order valence-corrected chi connectivity index (χ1v) is 8.14. The zero-order valence-electron chi connectivity index (χ0n) is 14.4. The number of halogens is 1. The molecule has 1 heterocycles. The third-order valence-electron chi connectivity index (χ3n) is 4.57. The monoisotopic (exact) mass is 418 g/mol. The molecule has 1 N–H and O–H groups in total. The molecule has 1 saturated carbocycles. The summed E-state index contributed by atoms with van der Waals surface area (Å²) in [5.74, 6) is 1.02. The Balaban J connectivity index is 0.00000242. The molecule has 0 aromatic carbocycles. The van der Waals surface area contributed by atoms with Crippen molar-refractivity contribution < 1.29 is 0 Å². The second-order valence-corrected chi connectivity index (χ2v) is 6.65.